The number of amides is 1. The number of aryl methyl sites for hydroxylation is 1. The lowest BCUT2D eigenvalue weighted by molar-refractivity contribution is -0.183. The van der Waals surface area contributed by atoms with Gasteiger partial charge in [0.15, 0.2) is 0 Å². The van der Waals surface area contributed by atoms with E-state index >= 15 is 0 Å². The van der Waals surface area contributed by atoms with Crippen molar-refractivity contribution in [1.29, 1.82) is 0 Å². The Morgan fingerprint density at radius 1 is 1.14 bits per heavy atom. The minimum Gasteiger partial charge on any atom is -0.349 e. The van der Waals surface area contributed by atoms with Gasteiger partial charge in [-0.1, -0.05) is 24.6 Å². The summed E-state index contributed by atoms with van der Waals surface area (Å²) < 4.78 is 41.0. The molecule has 1 aliphatic carbocycles. The topological polar surface area (TPSA) is 46.9 Å². The predicted octanol–water partition coefficient (Wildman–Crippen LogP) is 5.18. The molecule has 0 bridgehead atoms. The first-order valence-corrected chi connectivity index (χ1v) is 9.75. The number of carbonyl (C=O) groups excluding carboxylic acids is 1. The lowest BCUT2D eigenvalue weighted by Gasteiger charge is -2.31. The maximum Gasteiger partial charge on any atom is 0.391 e. The summed E-state index contributed by atoms with van der Waals surface area (Å²) in [5.41, 5.74) is 2.94. The lowest BCUT2D eigenvalue weighted by atomic mass is 9.85. The summed E-state index contributed by atoms with van der Waals surface area (Å²) in [6.07, 6.45) is -3.08. The van der Waals surface area contributed by atoms with E-state index in [9.17, 15) is 18.0 Å². The van der Waals surface area contributed by atoms with Gasteiger partial charge in [0.05, 0.1) is 17.0 Å². The number of para-hydroxylation sites is 1. The van der Waals surface area contributed by atoms with Crippen LogP contribution in [0.3, 0.4) is 0 Å². The van der Waals surface area contributed by atoms with Crippen molar-refractivity contribution in [3.05, 3.63) is 59.9 Å². The SMILES string of the molecule is Cc1nc2cc(C(=O)NC3CCCC(C(F)(F)F)C3)ccc2n1-c1ccccc1. The summed E-state index contributed by atoms with van der Waals surface area (Å²) >= 11 is 0. The van der Waals surface area contributed by atoms with Gasteiger partial charge in [-0.25, -0.2) is 4.98 Å². The Hall–Kier alpha value is -2.83. The Balaban J connectivity index is 1.55. The van der Waals surface area contributed by atoms with Crippen molar-refractivity contribution in [2.24, 2.45) is 5.92 Å². The number of carbonyl (C=O) groups is 1. The Kier molecular flexibility index (Phi) is 5.06. The van der Waals surface area contributed by atoms with Gasteiger partial charge in [-0.3, -0.25) is 9.36 Å². The van der Waals surface area contributed by atoms with E-state index < -0.39 is 18.1 Å². The van der Waals surface area contributed by atoms with E-state index in [1.807, 2.05) is 47.9 Å². The molecule has 1 saturated carbocycles. The van der Waals surface area contributed by atoms with Crippen molar-refractivity contribution in [1.82, 2.24) is 14.9 Å². The molecule has 1 N–H and O–H groups in total. The summed E-state index contributed by atoms with van der Waals surface area (Å²) in [4.78, 5) is 17.2. The fourth-order valence-corrected chi connectivity index (χ4v) is 4.13. The van der Waals surface area contributed by atoms with Gasteiger partial charge in [0.2, 0.25) is 0 Å². The van der Waals surface area contributed by atoms with E-state index in [0.29, 0.717) is 23.9 Å². The Labute approximate surface area is 166 Å². The number of aromatic nitrogens is 2. The summed E-state index contributed by atoms with van der Waals surface area (Å²) in [6, 6.07) is 14.6. The molecule has 2 aromatic carbocycles. The van der Waals surface area contributed by atoms with Crippen LogP contribution in [0.4, 0.5) is 13.2 Å². The summed E-state index contributed by atoms with van der Waals surface area (Å²) in [5, 5.41) is 2.78. The van der Waals surface area contributed by atoms with Gasteiger partial charge >= 0.3 is 6.18 Å². The number of hydrogen-bond acceptors (Lipinski definition) is 2. The molecule has 4 rings (SSSR count). The molecular weight excluding hydrogens is 379 g/mol. The normalized spacial score (nSPS) is 20.0. The molecular formula is C22H22F3N3O. The highest BCUT2D eigenvalue weighted by atomic mass is 19.4. The van der Waals surface area contributed by atoms with Crippen molar-refractivity contribution >= 4 is 16.9 Å². The molecule has 3 aromatic rings. The highest BCUT2D eigenvalue weighted by molar-refractivity contribution is 5.97. The van der Waals surface area contributed by atoms with Crippen molar-refractivity contribution < 1.29 is 18.0 Å². The van der Waals surface area contributed by atoms with E-state index in [-0.39, 0.29) is 18.7 Å². The molecule has 1 heterocycles. The highest BCUT2D eigenvalue weighted by Crippen LogP contribution is 2.37. The molecule has 29 heavy (non-hydrogen) atoms. The Bertz CT molecular complexity index is 1030. The van der Waals surface area contributed by atoms with E-state index in [0.717, 1.165) is 17.0 Å². The number of hydrogen-bond donors (Lipinski definition) is 1. The van der Waals surface area contributed by atoms with Crippen LogP contribution in [0.5, 0.6) is 0 Å². The van der Waals surface area contributed by atoms with Gasteiger partial charge in [0.25, 0.3) is 5.91 Å². The molecule has 2 unspecified atom stereocenters. The number of rotatable bonds is 3. The Morgan fingerprint density at radius 2 is 1.90 bits per heavy atom. The van der Waals surface area contributed by atoms with Crippen LogP contribution in [0.15, 0.2) is 48.5 Å². The van der Waals surface area contributed by atoms with Gasteiger partial charge in [-0.2, -0.15) is 13.2 Å². The number of nitrogens with one attached hydrogen (secondary N) is 1. The zero-order valence-corrected chi connectivity index (χ0v) is 16.0. The number of imidazole rings is 1. The van der Waals surface area contributed by atoms with Crippen LogP contribution in [0, 0.1) is 12.8 Å². The lowest BCUT2D eigenvalue weighted by Crippen LogP contribution is -2.41. The molecule has 1 aliphatic rings. The fourth-order valence-electron chi connectivity index (χ4n) is 4.13. The standard InChI is InChI=1S/C22H22F3N3O/c1-14-26-19-12-15(10-11-20(19)28(14)18-8-3-2-4-9-18)21(29)27-17-7-5-6-16(13-17)22(23,24)25/h2-4,8-12,16-17H,5-7,13H2,1H3,(H,27,29). The zero-order chi connectivity index (χ0) is 20.6. The van der Waals surface area contributed by atoms with Crippen molar-refractivity contribution in [3.63, 3.8) is 0 Å². The smallest absolute Gasteiger partial charge is 0.349 e. The number of halogens is 3. The molecule has 152 valence electrons. The molecule has 0 radical (unpaired) electrons. The third-order valence-corrected chi connectivity index (χ3v) is 5.57. The first-order chi connectivity index (χ1) is 13.8. The molecule has 1 fully saturated rings. The average molecular weight is 401 g/mol. The second kappa shape index (κ2) is 7.54. The van der Waals surface area contributed by atoms with Crippen LogP contribution in [0.25, 0.3) is 16.7 Å². The molecule has 0 saturated heterocycles. The fraction of sp³-hybridized carbons (Fsp3) is 0.364. The maximum atomic E-state index is 13.0. The van der Waals surface area contributed by atoms with E-state index in [2.05, 4.69) is 10.3 Å². The molecule has 1 amide bonds. The van der Waals surface area contributed by atoms with E-state index in [1.165, 1.54) is 0 Å². The average Bonchev–Trinajstić information content (AvgIpc) is 3.03. The van der Waals surface area contributed by atoms with Crippen LogP contribution < -0.4 is 5.32 Å². The van der Waals surface area contributed by atoms with Crippen LogP contribution in [0.2, 0.25) is 0 Å². The van der Waals surface area contributed by atoms with Gasteiger partial charge in [-0.15, -0.1) is 0 Å². The highest BCUT2D eigenvalue weighted by Gasteiger charge is 2.42. The zero-order valence-electron chi connectivity index (χ0n) is 16.0. The van der Waals surface area contributed by atoms with Crippen molar-refractivity contribution in [3.8, 4) is 5.69 Å². The van der Waals surface area contributed by atoms with Crippen molar-refractivity contribution in [2.75, 3.05) is 0 Å². The number of nitrogens with zero attached hydrogens (tertiary/aromatic N) is 2. The van der Waals surface area contributed by atoms with Crippen LogP contribution >= 0.6 is 0 Å². The monoisotopic (exact) mass is 401 g/mol. The minimum atomic E-state index is -4.20. The number of fused-ring (bicyclic) bond motifs is 1. The molecule has 4 nitrogen and oxygen atoms in total. The largest absolute Gasteiger partial charge is 0.391 e. The van der Waals surface area contributed by atoms with Gasteiger partial charge in [0.1, 0.15) is 5.82 Å². The molecule has 1 aromatic heterocycles. The summed E-state index contributed by atoms with van der Waals surface area (Å²) in [6.45, 7) is 1.89. The molecule has 7 heteroatoms. The molecule has 0 spiro atoms. The van der Waals surface area contributed by atoms with Crippen LogP contribution in [-0.2, 0) is 0 Å². The third kappa shape index (κ3) is 3.99. The first kappa shape index (κ1) is 19.5. The molecule has 2 atom stereocenters. The van der Waals surface area contributed by atoms with Gasteiger partial charge in [-0.05, 0) is 56.5 Å². The maximum absolute atomic E-state index is 13.0. The number of alkyl halides is 3. The van der Waals surface area contributed by atoms with Crippen molar-refractivity contribution in [2.45, 2.75) is 44.8 Å². The van der Waals surface area contributed by atoms with Gasteiger partial charge < -0.3 is 5.32 Å². The third-order valence-electron chi connectivity index (χ3n) is 5.57. The minimum absolute atomic E-state index is 0.0563. The van der Waals surface area contributed by atoms with Gasteiger partial charge in [0, 0.05) is 17.3 Å². The summed E-state index contributed by atoms with van der Waals surface area (Å²) in [5.74, 6) is -0.899. The summed E-state index contributed by atoms with van der Waals surface area (Å²) in [7, 11) is 0. The van der Waals surface area contributed by atoms with E-state index in [4.69, 9.17) is 0 Å². The number of benzene rings is 2. The van der Waals surface area contributed by atoms with Crippen LogP contribution in [-0.4, -0.2) is 27.7 Å². The molecule has 0 aliphatic heterocycles. The Morgan fingerprint density at radius 3 is 2.62 bits per heavy atom. The van der Waals surface area contributed by atoms with E-state index in [1.54, 1.807) is 12.1 Å². The quantitative estimate of drug-likeness (QED) is 0.657. The second-order valence-corrected chi connectivity index (χ2v) is 7.61. The second-order valence-electron chi connectivity index (χ2n) is 7.61. The van der Waals surface area contributed by atoms with Crippen LogP contribution in [0.1, 0.15) is 41.9 Å². The predicted molar refractivity (Wildman–Crippen MR) is 105 cm³/mol. The first-order valence-electron chi connectivity index (χ1n) is 9.75.